The molecule has 1 aromatic carbocycles. The van der Waals surface area contributed by atoms with Gasteiger partial charge in [-0.05, 0) is 35.7 Å². The lowest BCUT2D eigenvalue weighted by Gasteiger charge is -2.08. The Morgan fingerprint density at radius 1 is 1.55 bits per heavy atom. The molecule has 5 nitrogen and oxygen atoms in total. The van der Waals surface area contributed by atoms with Crippen molar-refractivity contribution in [1.29, 1.82) is 0 Å². The van der Waals surface area contributed by atoms with Gasteiger partial charge in [-0.3, -0.25) is 4.79 Å². The fraction of sp³-hybridized carbons (Fsp3) is 0.188. The molecule has 1 heterocycles. The highest BCUT2D eigenvalue weighted by Crippen LogP contribution is 2.20. The number of amides is 1. The van der Waals surface area contributed by atoms with Crippen molar-refractivity contribution in [2.75, 3.05) is 12.4 Å². The summed E-state index contributed by atoms with van der Waals surface area (Å²) < 4.78 is 5.48. The number of rotatable bonds is 6. The summed E-state index contributed by atoms with van der Waals surface area (Å²) in [6.07, 6.45) is 9.29. The van der Waals surface area contributed by atoms with Crippen molar-refractivity contribution in [3.8, 4) is 18.1 Å². The Hall–Kier alpha value is -2.52. The third-order valence-corrected chi connectivity index (χ3v) is 3.57. The van der Waals surface area contributed by atoms with Crippen molar-refractivity contribution in [2.24, 2.45) is 10.2 Å². The van der Waals surface area contributed by atoms with E-state index >= 15 is 0 Å². The van der Waals surface area contributed by atoms with Crippen LogP contribution in [0.25, 0.3) is 0 Å². The van der Waals surface area contributed by atoms with Gasteiger partial charge in [-0.25, -0.2) is 0 Å². The number of nitrogens with zero attached hydrogens (tertiary/aromatic N) is 2. The minimum absolute atomic E-state index is 0.0535. The molecule has 1 N–H and O–H groups in total. The average Bonchev–Trinajstić information content (AvgIpc) is 2.92. The fourth-order valence-electron chi connectivity index (χ4n) is 1.78. The van der Waals surface area contributed by atoms with Crippen molar-refractivity contribution < 1.29 is 9.53 Å². The topological polar surface area (TPSA) is 63.1 Å². The van der Waals surface area contributed by atoms with Crippen LogP contribution in [0.1, 0.15) is 11.1 Å². The minimum Gasteiger partial charge on any atom is -0.481 e. The van der Waals surface area contributed by atoms with Crippen molar-refractivity contribution in [2.45, 2.75) is 6.42 Å². The van der Waals surface area contributed by atoms with Gasteiger partial charge in [0.1, 0.15) is 12.4 Å². The van der Waals surface area contributed by atoms with Crippen LogP contribution in [0.3, 0.4) is 0 Å². The minimum atomic E-state index is -0.0535. The van der Waals surface area contributed by atoms with Crippen LogP contribution in [0.2, 0.25) is 0 Å². The number of terminal acetylenes is 1. The Balaban J connectivity index is 2.11. The van der Waals surface area contributed by atoms with E-state index in [-0.39, 0.29) is 12.5 Å². The number of hydrogen-bond donors (Lipinski definition) is 1. The summed E-state index contributed by atoms with van der Waals surface area (Å²) in [4.78, 5) is 11.0. The highest BCUT2D eigenvalue weighted by molar-refractivity contribution is 8.15. The summed E-state index contributed by atoms with van der Waals surface area (Å²) in [5.41, 5.74) is 1.86. The normalized spacial score (nSPS) is 15.8. The van der Waals surface area contributed by atoms with Crippen molar-refractivity contribution in [3.63, 3.8) is 0 Å². The molecule has 1 aliphatic heterocycles. The van der Waals surface area contributed by atoms with E-state index in [1.54, 1.807) is 12.3 Å². The molecule has 0 atom stereocenters. The lowest BCUT2D eigenvalue weighted by atomic mass is 10.1. The molecule has 0 spiro atoms. The summed E-state index contributed by atoms with van der Waals surface area (Å²) in [6, 6.07) is 5.65. The molecule has 1 saturated heterocycles. The third-order valence-electron chi connectivity index (χ3n) is 2.70. The predicted molar refractivity (Wildman–Crippen MR) is 90.3 cm³/mol. The summed E-state index contributed by atoms with van der Waals surface area (Å²) in [7, 11) is 0. The summed E-state index contributed by atoms with van der Waals surface area (Å²) >= 11 is 1.33. The molecule has 0 saturated carbocycles. The molecular weight excluding hydrogens is 298 g/mol. The number of nitrogens with one attached hydrogen (secondary N) is 1. The Morgan fingerprint density at radius 2 is 2.41 bits per heavy atom. The van der Waals surface area contributed by atoms with Crippen LogP contribution in [0.4, 0.5) is 0 Å². The zero-order valence-corrected chi connectivity index (χ0v) is 12.7. The Morgan fingerprint density at radius 3 is 3.09 bits per heavy atom. The van der Waals surface area contributed by atoms with Gasteiger partial charge in [0.15, 0.2) is 5.17 Å². The van der Waals surface area contributed by atoms with E-state index in [0.717, 1.165) is 16.9 Å². The average molecular weight is 313 g/mol. The van der Waals surface area contributed by atoms with E-state index in [0.29, 0.717) is 17.3 Å². The van der Waals surface area contributed by atoms with E-state index in [4.69, 9.17) is 11.2 Å². The fourth-order valence-corrected chi connectivity index (χ4v) is 2.41. The number of benzene rings is 1. The first-order chi connectivity index (χ1) is 10.7. The van der Waals surface area contributed by atoms with Gasteiger partial charge in [0.05, 0.1) is 12.0 Å². The van der Waals surface area contributed by atoms with Crippen LogP contribution < -0.4 is 10.1 Å². The maximum Gasteiger partial charge on any atom is 0.236 e. The maximum absolute atomic E-state index is 11.0. The van der Waals surface area contributed by atoms with E-state index in [9.17, 15) is 4.79 Å². The number of ether oxygens (including phenoxy) is 1. The van der Waals surface area contributed by atoms with Gasteiger partial charge in [-0.15, -0.1) is 18.1 Å². The number of amidine groups is 1. The van der Waals surface area contributed by atoms with Gasteiger partial charge in [0.2, 0.25) is 5.91 Å². The number of carbonyl (C=O) groups is 1. The first-order valence-corrected chi connectivity index (χ1v) is 7.55. The molecule has 1 fully saturated rings. The molecule has 0 aromatic heterocycles. The van der Waals surface area contributed by atoms with Gasteiger partial charge in [0.25, 0.3) is 0 Å². The molecule has 0 aliphatic carbocycles. The van der Waals surface area contributed by atoms with Gasteiger partial charge in [-0.2, -0.15) is 5.10 Å². The molecule has 1 aliphatic rings. The lowest BCUT2D eigenvalue weighted by molar-refractivity contribution is -0.116. The van der Waals surface area contributed by atoms with Crippen LogP contribution in [-0.2, 0) is 11.2 Å². The van der Waals surface area contributed by atoms with Gasteiger partial charge >= 0.3 is 0 Å². The summed E-state index contributed by atoms with van der Waals surface area (Å²) in [5, 5.41) is 11.1. The number of thioether (sulfide) groups is 1. The first kappa shape index (κ1) is 15.9. The van der Waals surface area contributed by atoms with Crippen LogP contribution in [0.15, 0.2) is 41.1 Å². The Labute approximate surface area is 133 Å². The summed E-state index contributed by atoms with van der Waals surface area (Å²) in [6.45, 7) is 3.96. The molecule has 0 unspecified atom stereocenters. The van der Waals surface area contributed by atoms with E-state index < -0.39 is 0 Å². The largest absolute Gasteiger partial charge is 0.481 e. The van der Waals surface area contributed by atoms with E-state index in [1.807, 2.05) is 18.2 Å². The second kappa shape index (κ2) is 8.05. The molecule has 1 aromatic rings. The maximum atomic E-state index is 11.0. The quantitative estimate of drug-likeness (QED) is 0.378. The van der Waals surface area contributed by atoms with E-state index in [1.165, 1.54) is 11.8 Å². The standard InChI is InChI=1S/C16H15N3O2S/c1-3-5-13-9-12(6-7-14(13)21-8-4-2)10-17-19-16-18-15(20)11-22-16/h2-3,6-7,9-10H,1,5,8,11H2,(H,18,19,20). The van der Waals surface area contributed by atoms with Crippen LogP contribution in [0.5, 0.6) is 5.75 Å². The zero-order chi connectivity index (χ0) is 15.8. The van der Waals surface area contributed by atoms with Crippen LogP contribution in [-0.4, -0.2) is 29.6 Å². The van der Waals surface area contributed by atoms with Gasteiger partial charge in [-0.1, -0.05) is 23.8 Å². The first-order valence-electron chi connectivity index (χ1n) is 6.56. The Bertz CT molecular complexity index is 674. The van der Waals surface area contributed by atoms with Crippen molar-refractivity contribution >= 4 is 29.1 Å². The second-order valence-corrected chi connectivity index (χ2v) is 5.30. The smallest absolute Gasteiger partial charge is 0.236 e. The SMILES string of the molecule is C#CCOc1ccc(C=NN=C2NC(=O)CS2)cc1CC=C. The number of carbonyl (C=O) groups excluding carboxylic acids is 1. The van der Waals surface area contributed by atoms with Gasteiger partial charge in [0, 0.05) is 0 Å². The third kappa shape index (κ3) is 4.50. The molecule has 1 amide bonds. The van der Waals surface area contributed by atoms with Crippen molar-refractivity contribution in [3.05, 3.63) is 42.0 Å². The highest BCUT2D eigenvalue weighted by Gasteiger charge is 2.15. The monoisotopic (exact) mass is 313 g/mol. The van der Waals surface area contributed by atoms with E-state index in [2.05, 4.69) is 28.0 Å². The number of allylic oxidation sites excluding steroid dienone is 1. The molecule has 2 rings (SSSR count). The second-order valence-electron chi connectivity index (χ2n) is 4.34. The number of hydrogen-bond acceptors (Lipinski definition) is 5. The lowest BCUT2D eigenvalue weighted by Crippen LogP contribution is -2.19. The molecule has 112 valence electrons. The molecular formula is C16H15N3O2S. The molecule has 0 bridgehead atoms. The van der Waals surface area contributed by atoms with Gasteiger partial charge < -0.3 is 10.1 Å². The molecule has 22 heavy (non-hydrogen) atoms. The molecule has 0 radical (unpaired) electrons. The Kier molecular flexibility index (Phi) is 5.81. The van der Waals surface area contributed by atoms with Crippen LogP contribution in [0, 0.1) is 12.3 Å². The molecule has 6 heteroatoms. The zero-order valence-electron chi connectivity index (χ0n) is 11.9. The van der Waals surface area contributed by atoms with Crippen molar-refractivity contribution in [1.82, 2.24) is 5.32 Å². The van der Waals surface area contributed by atoms with Crippen LogP contribution >= 0.6 is 11.8 Å². The predicted octanol–water partition coefficient (Wildman–Crippen LogP) is 1.98. The highest BCUT2D eigenvalue weighted by atomic mass is 32.2. The summed E-state index contributed by atoms with van der Waals surface area (Å²) in [5.74, 6) is 3.51.